The van der Waals surface area contributed by atoms with Crippen LogP contribution in [0.4, 0.5) is 10.3 Å². The number of aromatic nitrogens is 4. The number of hydrogen-bond acceptors (Lipinski definition) is 34. The first-order valence-electron chi connectivity index (χ1n) is 46.9. The summed E-state index contributed by atoms with van der Waals surface area (Å²) in [7, 11) is 2.73. The van der Waals surface area contributed by atoms with Gasteiger partial charge < -0.3 is 107 Å². The van der Waals surface area contributed by atoms with Crippen molar-refractivity contribution in [3.05, 3.63) is 278 Å². The summed E-state index contributed by atoms with van der Waals surface area (Å²) in [5.74, 6) is 2.03. The van der Waals surface area contributed by atoms with Crippen LogP contribution in [-0.2, 0) is 120 Å². The monoisotopic (exact) mass is 2040 g/mol. The molecule has 0 aliphatic carbocycles. The van der Waals surface area contributed by atoms with E-state index >= 15 is 0 Å². The molecule has 0 saturated carbocycles. The molecule has 3 amide bonds. The molecule has 6 aliphatic heterocycles. The van der Waals surface area contributed by atoms with Gasteiger partial charge in [-0.25, -0.2) is 0 Å². The van der Waals surface area contributed by atoms with E-state index in [-0.39, 0.29) is 103 Å². The Morgan fingerprint density at radius 2 is 0.722 bits per heavy atom. The number of carbonyl (C=O) groups excluding carboxylic acids is 5. The molecule has 774 valence electrons. The Bertz CT molecular complexity index is 5380. The van der Waals surface area contributed by atoms with Gasteiger partial charge in [-0.05, 0) is 162 Å². The first kappa shape index (κ1) is 120. The van der Waals surface area contributed by atoms with Crippen molar-refractivity contribution in [3.63, 3.8) is 0 Å². The molecule has 42 heteroatoms. The third-order valence-corrected chi connectivity index (χ3v) is 23.4. The van der Waals surface area contributed by atoms with Gasteiger partial charge in [0.15, 0.2) is 0 Å². The minimum atomic E-state index is -0.893. The maximum absolute atomic E-state index is 12.6. The number of ether oxygens (including phenoxy) is 9. The van der Waals surface area contributed by atoms with Gasteiger partial charge in [0.2, 0.25) is 28.0 Å². The molecule has 16 N–H and O–H groups in total. The normalized spacial score (nSPS) is 14.2. The number of phenolic OH excluding ortho intramolecular Hbond substituents is 2. The van der Waals surface area contributed by atoms with Crippen LogP contribution in [0.3, 0.4) is 0 Å². The van der Waals surface area contributed by atoms with Crippen molar-refractivity contribution in [2.24, 2.45) is 0 Å². The molecule has 144 heavy (non-hydrogen) atoms. The Morgan fingerprint density at radius 3 is 1.08 bits per heavy atom. The van der Waals surface area contributed by atoms with Gasteiger partial charge in [0, 0.05) is 109 Å². The van der Waals surface area contributed by atoms with Crippen LogP contribution >= 0.6 is 34.3 Å². The van der Waals surface area contributed by atoms with Crippen LogP contribution in [-0.4, -0.2) is 284 Å². The summed E-state index contributed by atoms with van der Waals surface area (Å²) in [6.45, 7) is 19.7. The summed E-state index contributed by atoms with van der Waals surface area (Å²) in [4.78, 5) is 89.1. The number of esters is 2. The van der Waals surface area contributed by atoms with Gasteiger partial charge in [-0.2, -0.15) is 0 Å². The number of morpholine rings is 4. The maximum atomic E-state index is 12.6. The number of carboxylic acids is 2. The number of aryl methyl sites for hydroxylation is 2. The fraction of sp³-hybridized carbons (Fsp3) is 0.402. The van der Waals surface area contributed by atoms with Crippen LogP contribution in [0.25, 0.3) is 0 Å². The van der Waals surface area contributed by atoms with E-state index in [1.54, 1.807) is 42.5 Å². The van der Waals surface area contributed by atoms with Crippen LogP contribution in [0.15, 0.2) is 229 Å². The number of hydrazine groups is 2. The van der Waals surface area contributed by atoms with Crippen molar-refractivity contribution in [2.75, 3.05) is 182 Å². The molecule has 0 radical (unpaired) electrons. The number of rotatable bonds is 41. The van der Waals surface area contributed by atoms with Crippen LogP contribution in [0, 0.1) is 0 Å². The van der Waals surface area contributed by atoms with E-state index in [9.17, 15) is 33.6 Å². The Labute approximate surface area is 865 Å². The standard InChI is InChI=1S/C32H39N7O4S.C18H22N6OS.C15H21NO4.C14H19NO4.C9H10O3.C8H8O3.C6H12ClNO.Li.2H2O/c40-29(22-24-7-2-1-3-8-24)33-28-14-13-26(35-36-28)10-4-5-12-31-37-38-32(44-31)34-30(41)23-25-9-6-11-27(21-25)43-20-17-39-15-18-42-19-16-39;19-18-24-23-17(26-18)9-5-4-8-14-10-11-15(22-21-14)20-16(25)12-13-6-2-1-3-7-13;1-18-15(17)12-13-3-2-4-14(11-13)20-10-7-16-5-8-19-9-6-16;16-14(17)11-12-2-1-3-13(10-12)19-9-6-15-4-7-18-8-5-15;1-12-9(11)6-7-3-2-4-8(10)5-7;9-7-3-1-2-6(4-7)5-8(10)11;7-1-2-8-3-5-9-6-4-8;;;/h1-3,6-9,11,13-14,21,35-36H,4-5,10,12,15-20,22-23H2,(H,33,40)(H,34,38,41);1-3,6-7,10-11,21-22H,4-5,8-9,12H2,(H2,19,24)(H,20,25);2-4,11H,5-10,12H2,1H3;1-3,10H,4-9,11H2,(H,16,17);2-5,10H,6H2,1H3;1-4,9H,5H2,(H,10,11);1-6H2;;2*1H2/q;;;;;;;+1;;/p-1. The van der Waals surface area contributed by atoms with Gasteiger partial charge in [-0.3, -0.25) is 64.0 Å². The number of carbonyl (C=O) groups is 7. The number of nitrogen functional groups attached to an aromatic ring is 1. The minimum absolute atomic E-state index is 0. The summed E-state index contributed by atoms with van der Waals surface area (Å²) in [5.41, 5.74) is 25.9. The van der Waals surface area contributed by atoms with E-state index in [2.05, 4.69) is 87.1 Å². The second kappa shape index (κ2) is 71.0. The SMILES string of the molecule is COC(=O)Cc1cccc(O)c1.COC(=O)Cc1cccc(OCCN2CCOCC2)c1.ClCCN1CCOCC1.Nc1nnc(CCCCC2=CC=C(NC(=O)Cc3ccccc3)NN2)s1.O.O=C(Cc1ccccc1)NC1=CC=C(CCCCc2nnc(NC(=O)Cc3cccc(OCCN4CCOCC4)c3)s2)NN1.O=C(O)Cc1cccc(O)c1.O=C(O)Cc1cccc(OCCN2CCOCC2)c1.[Li+].[OH-]. The molecule has 0 spiro atoms. The van der Waals surface area contributed by atoms with Crippen LogP contribution in [0.5, 0.6) is 28.7 Å². The summed E-state index contributed by atoms with van der Waals surface area (Å²) >= 11 is 8.40. The maximum Gasteiger partial charge on any atom is 1.00 e. The van der Waals surface area contributed by atoms with E-state index in [0.29, 0.717) is 60.1 Å². The van der Waals surface area contributed by atoms with E-state index in [1.807, 2.05) is 146 Å². The van der Waals surface area contributed by atoms with Gasteiger partial charge in [0.1, 0.15) is 70.2 Å². The molecule has 4 saturated heterocycles. The number of alkyl halides is 1. The summed E-state index contributed by atoms with van der Waals surface area (Å²) in [6, 6.07) is 54.6. The molecule has 6 aliphatic rings. The summed E-state index contributed by atoms with van der Waals surface area (Å²) < 4.78 is 47.5. The number of benzene rings is 7. The van der Waals surface area contributed by atoms with Crippen LogP contribution in [0.1, 0.15) is 87.5 Å². The number of halogens is 1. The molecule has 0 unspecified atom stereocenters. The number of allylic oxidation sites excluding steroid dienone is 6. The number of unbranched alkanes of at least 4 members (excludes halogenated alkanes) is 2. The second-order valence-electron chi connectivity index (χ2n) is 32.6. The molecule has 2 aromatic heterocycles. The van der Waals surface area contributed by atoms with Crippen LogP contribution < -0.4 is 76.5 Å². The molecule has 4 fully saturated rings. The number of phenols is 2. The molecule has 38 nitrogen and oxygen atoms in total. The fourth-order valence-electron chi connectivity index (χ4n) is 14.2. The van der Waals surface area contributed by atoms with Crippen molar-refractivity contribution in [2.45, 2.75) is 96.3 Å². The summed E-state index contributed by atoms with van der Waals surface area (Å²) in [5, 5.41) is 62.8. The molecular weight excluding hydrogens is 1910 g/mol. The van der Waals surface area contributed by atoms with E-state index in [1.165, 1.54) is 55.1 Å². The topological polar surface area (TPSA) is 520 Å². The molecule has 15 rings (SSSR count). The number of methoxy groups -OCH3 is 2. The Balaban J connectivity index is 0.000000274. The number of hydrogen-bond donors (Lipinski definition) is 12. The number of amides is 3. The van der Waals surface area contributed by atoms with Crippen molar-refractivity contribution in [1.29, 1.82) is 0 Å². The van der Waals surface area contributed by atoms with Gasteiger partial charge in [0.25, 0.3) is 0 Å². The smallest absolute Gasteiger partial charge is 0.870 e. The van der Waals surface area contributed by atoms with E-state index in [4.69, 9.17) is 70.9 Å². The van der Waals surface area contributed by atoms with Crippen molar-refractivity contribution in [3.8, 4) is 28.7 Å². The predicted molar refractivity (Wildman–Crippen MR) is 545 cm³/mol. The number of anilines is 2. The number of aliphatic carboxylic acids is 2. The number of nitrogens with one attached hydrogen (secondary N) is 7. The molecule has 8 heterocycles. The Morgan fingerprint density at radius 1 is 0.396 bits per heavy atom. The molecule has 7 aromatic carbocycles. The van der Waals surface area contributed by atoms with Gasteiger partial charge in [-0.15, -0.1) is 32.0 Å². The van der Waals surface area contributed by atoms with Crippen LogP contribution in [0.2, 0.25) is 0 Å². The zero-order valence-electron chi connectivity index (χ0n) is 81.8. The third-order valence-electron chi connectivity index (χ3n) is 21.5. The number of nitrogens with zero attached hydrogens (tertiary/aromatic N) is 8. The molecule has 0 bridgehead atoms. The Kier molecular flexibility index (Phi) is 59.2. The quantitative estimate of drug-likeness (QED) is 0.00880. The largest absolute Gasteiger partial charge is 1.00 e. The molecule has 9 aromatic rings. The fourth-order valence-corrected chi connectivity index (χ4v) is 15.9. The van der Waals surface area contributed by atoms with Gasteiger partial charge in [-0.1, -0.05) is 144 Å². The Hall–Kier alpha value is -12.6. The van der Waals surface area contributed by atoms with E-state index < -0.39 is 11.9 Å². The first-order chi connectivity index (χ1) is 68.6. The van der Waals surface area contributed by atoms with Crippen molar-refractivity contribution >= 4 is 86.1 Å². The van der Waals surface area contributed by atoms with Gasteiger partial charge in [0.05, 0.1) is 112 Å². The molecular formula is C102H134ClLiN16O22S2. The van der Waals surface area contributed by atoms with Crippen molar-refractivity contribution in [1.82, 2.24) is 72.3 Å². The average molecular weight is 2040 g/mol. The number of aromatic hydroxyl groups is 2. The predicted octanol–water partition coefficient (Wildman–Crippen LogP) is 6.18. The first-order valence-corrected chi connectivity index (χ1v) is 49.1. The zero-order chi connectivity index (χ0) is 100. The number of carboxylic acid groups (broad SMARTS) is 2. The zero-order valence-corrected chi connectivity index (χ0v) is 84.2. The number of nitrogens with two attached hydrogens (primary N) is 1. The van der Waals surface area contributed by atoms with Gasteiger partial charge >= 0.3 is 42.7 Å². The summed E-state index contributed by atoms with van der Waals surface area (Å²) in [6.07, 6.45) is 16.5. The minimum Gasteiger partial charge on any atom is -0.870 e. The van der Waals surface area contributed by atoms with E-state index in [0.717, 1.165) is 261 Å². The third kappa shape index (κ3) is 52.1. The average Bonchev–Trinajstić information content (AvgIpc) is 1.31. The molecule has 0 atom stereocenters. The second-order valence-corrected chi connectivity index (χ2v) is 35.2. The van der Waals surface area contributed by atoms with Crippen molar-refractivity contribution < 1.29 is 126 Å².